The second-order valence-electron chi connectivity index (χ2n) is 7.23. The number of nitrogens with one attached hydrogen (secondary N) is 2. The van der Waals surface area contributed by atoms with Crippen molar-refractivity contribution in [3.8, 4) is 21.8 Å². The van der Waals surface area contributed by atoms with Crippen LogP contribution in [0.25, 0.3) is 21.8 Å². The zero-order valence-electron chi connectivity index (χ0n) is 18.3. The Labute approximate surface area is 197 Å². The maximum Gasteiger partial charge on any atom is 0.267 e. The zero-order valence-corrected chi connectivity index (χ0v) is 20.0. The van der Waals surface area contributed by atoms with Crippen molar-refractivity contribution in [2.24, 2.45) is 0 Å². The highest BCUT2D eigenvalue weighted by Crippen LogP contribution is 2.37. The summed E-state index contributed by atoms with van der Waals surface area (Å²) in [5.41, 5.74) is 2.12. The molecule has 0 saturated heterocycles. The Hall–Kier alpha value is -2.59. The van der Waals surface area contributed by atoms with E-state index in [-0.39, 0.29) is 36.5 Å². The average molecular weight is 478 g/mol. The Bertz CT molecular complexity index is 1070. The fourth-order valence-corrected chi connectivity index (χ4v) is 3.93. The van der Waals surface area contributed by atoms with Crippen molar-refractivity contribution < 1.29 is 9.53 Å². The highest BCUT2D eigenvalue weighted by molar-refractivity contribution is 7.19. The van der Waals surface area contributed by atoms with Crippen molar-refractivity contribution in [2.45, 2.75) is 26.3 Å². The first kappa shape index (κ1) is 25.7. The minimum Gasteiger partial charge on any atom is -0.385 e. The first-order chi connectivity index (χ1) is 15.0. The van der Waals surface area contributed by atoms with E-state index in [1.54, 1.807) is 13.2 Å². The van der Waals surface area contributed by atoms with Crippen LogP contribution in [-0.4, -0.2) is 47.5 Å². The Morgan fingerprint density at radius 3 is 2.62 bits per heavy atom. The number of thiazole rings is 1. The number of anilines is 1. The van der Waals surface area contributed by atoms with Crippen LogP contribution in [0.3, 0.4) is 0 Å². The topological polar surface area (TPSA) is 98.1 Å². The molecule has 3 rings (SSSR count). The number of benzene rings is 1. The lowest BCUT2D eigenvalue weighted by atomic mass is 10.1. The summed E-state index contributed by atoms with van der Waals surface area (Å²) in [6.07, 6.45) is 0.834. The van der Waals surface area contributed by atoms with Gasteiger partial charge in [-0.25, -0.2) is 9.67 Å². The molecule has 1 amide bonds. The molecule has 0 saturated carbocycles. The molecule has 0 aliphatic heterocycles. The lowest BCUT2D eigenvalue weighted by Crippen LogP contribution is -2.29. The summed E-state index contributed by atoms with van der Waals surface area (Å²) in [6, 6.07) is 12.9. The van der Waals surface area contributed by atoms with E-state index in [2.05, 4.69) is 20.7 Å². The number of methoxy groups -OCH3 is 1. The van der Waals surface area contributed by atoms with E-state index in [4.69, 9.17) is 4.74 Å². The van der Waals surface area contributed by atoms with Crippen molar-refractivity contribution in [3.63, 3.8) is 0 Å². The van der Waals surface area contributed by atoms with Gasteiger partial charge in [0.15, 0.2) is 5.13 Å². The van der Waals surface area contributed by atoms with Gasteiger partial charge in [-0.2, -0.15) is 5.10 Å². The van der Waals surface area contributed by atoms with E-state index in [9.17, 15) is 9.59 Å². The van der Waals surface area contributed by atoms with Gasteiger partial charge in [-0.05, 0) is 32.9 Å². The van der Waals surface area contributed by atoms with Gasteiger partial charge in [0.2, 0.25) is 5.91 Å². The van der Waals surface area contributed by atoms with Gasteiger partial charge in [-0.15, -0.1) is 12.4 Å². The Morgan fingerprint density at radius 1 is 1.19 bits per heavy atom. The number of ether oxygens (including phenoxy) is 1. The van der Waals surface area contributed by atoms with Crippen LogP contribution in [0.4, 0.5) is 5.13 Å². The molecule has 172 valence electrons. The van der Waals surface area contributed by atoms with Crippen LogP contribution in [0.15, 0.2) is 47.3 Å². The van der Waals surface area contributed by atoms with Crippen LogP contribution in [-0.2, 0) is 9.53 Å². The van der Waals surface area contributed by atoms with Gasteiger partial charge < -0.3 is 15.4 Å². The molecule has 2 N–H and O–H groups in total. The van der Waals surface area contributed by atoms with Crippen molar-refractivity contribution >= 4 is 34.8 Å². The zero-order chi connectivity index (χ0) is 22.2. The van der Waals surface area contributed by atoms with Crippen LogP contribution in [0.2, 0.25) is 0 Å². The van der Waals surface area contributed by atoms with Crippen molar-refractivity contribution in [1.82, 2.24) is 20.1 Å². The Morgan fingerprint density at radius 2 is 1.94 bits per heavy atom. The number of hydrogen-bond donors (Lipinski definition) is 2. The fraction of sp³-hybridized carbons (Fsp3) is 0.364. The molecule has 8 nitrogen and oxygen atoms in total. The highest BCUT2D eigenvalue weighted by Gasteiger charge is 2.18. The van der Waals surface area contributed by atoms with Gasteiger partial charge in [0.1, 0.15) is 5.69 Å². The number of carbonyl (C=O) groups is 1. The minimum atomic E-state index is -0.169. The highest BCUT2D eigenvalue weighted by atomic mass is 35.5. The summed E-state index contributed by atoms with van der Waals surface area (Å²) in [5, 5.41) is 11.0. The maximum atomic E-state index is 12.3. The summed E-state index contributed by atoms with van der Waals surface area (Å²) >= 11 is 1.34. The Balaban J connectivity index is 0.00000363. The van der Waals surface area contributed by atoms with Crippen molar-refractivity contribution in [1.29, 1.82) is 0 Å². The molecule has 2 aromatic heterocycles. The van der Waals surface area contributed by atoms with Gasteiger partial charge >= 0.3 is 0 Å². The third-order valence-corrected chi connectivity index (χ3v) is 5.45. The van der Waals surface area contributed by atoms with Crippen LogP contribution < -0.4 is 16.2 Å². The number of rotatable bonds is 10. The molecule has 0 bridgehead atoms. The number of nitrogens with zero attached hydrogens (tertiary/aromatic N) is 3. The quantitative estimate of drug-likeness (QED) is 0.433. The predicted molar refractivity (Wildman–Crippen MR) is 131 cm³/mol. The number of aromatic nitrogens is 3. The van der Waals surface area contributed by atoms with Gasteiger partial charge in [0.05, 0.1) is 23.2 Å². The molecular formula is C22H28ClN5O3S. The smallest absolute Gasteiger partial charge is 0.267 e. The van der Waals surface area contributed by atoms with E-state index in [1.165, 1.54) is 22.1 Å². The van der Waals surface area contributed by atoms with Crippen molar-refractivity contribution in [2.75, 3.05) is 32.1 Å². The summed E-state index contributed by atoms with van der Waals surface area (Å²) in [6.45, 7) is 5.36. The normalized spacial score (nSPS) is 10.8. The molecular weight excluding hydrogens is 450 g/mol. The molecule has 1 aromatic carbocycles. The molecule has 10 heteroatoms. The van der Waals surface area contributed by atoms with E-state index in [0.717, 1.165) is 22.6 Å². The SMILES string of the molecule is COCCCNCC(=O)Nc1nc(-c2ccccc2)c(-c2ccc(=O)n(C(C)C)n2)s1.Cl. The second kappa shape index (κ2) is 12.4. The van der Waals surface area contributed by atoms with E-state index >= 15 is 0 Å². The van der Waals surface area contributed by atoms with Crippen LogP contribution in [0.1, 0.15) is 26.3 Å². The number of hydrogen-bond acceptors (Lipinski definition) is 7. The molecule has 32 heavy (non-hydrogen) atoms. The van der Waals surface area contributed by atoms with Crippen molar-refractivity contribution in [3.05, 3.63) is 52.8 Å². The summed E-state index contributed by atoms with van der Waals surface area (Å²) < 4.78 is 6.45. The van der Waals surface area contributed by atoms with Crippen LogP contribution >= 0.6 is 23.7 Å². The molecule has 0 atom stereocenters. The number of carbonyl (C=O) groups excluding carboxylic acids is 1. The van der Waals surface area contributed by atoms with Gasteiger partial charge in [-0.3, -0.25) is 9.59 Å². The largest absolute Gasteiger partial charge is 0.385 e. The van der Waals surface area contributed by atoms with Gasteiger partial charge in [0, 0.05) is 25.3 Å². The maximum absolute atomic E-state index is 12.3. The summed E-state index contributed by atoms with van der Waals surface area (Å²) in [7, 11) is 1.65. The predicted octanol–water partition coefficient (Wildman–Crippen LogP) is 3.60. The number of amides is 1. The first-order valence-corrected chi connectivity index (χ1v) is 11.0. The van der Waals surface area contributed by atoms with E-state index in [0.29, 0.717) is 24.0 Å². The molecule has 0 aliphatic carbocycles. The molecule has 0 aliphatic rings. The van der Waals surface area contributed by atoms with E-state index < -0.39 is 0 Å². The molecule has 2 heterocycles. The molecule has 0 fully saturated rings. The third-order valence-electron chi connectivity index (χ3n) is 4.46. The summed E-state index contributed by atoms with van der Waals surface area (Å²) in [5.74, 6) is -0.169. The van der Waals surface area contributed by atoms with Crippen LogP contribution in [0, 0.1) is 0 Å². The van der Waals surface area contributed by atoms with Gasteiger partial charge in [-0.1, -0.05) is 41.7 Å². The third kappa shape index (κ3) is 6.70. The first-order valence-electron chi connectivity index (χ1n) is 10.2. The van der Waals surface area contributed by atoms with Gasteiger partial charge in [0.25, 0.3) is 5.56 Å². The lowest BCUT2D eigenvalue weighted by Gasteiger charge is -2.09. The average Bonchev–Trinajstić information content (AvgIpc) is 3.18. The molecule has 0 unspecified atom stereocenters. The minimum absolute atomic E-state index is 0. The molecule has 3 aromatic rings. The monoisotopic (exact) mass is 477 g/mol. The second-order valence-corrected chi connectivity index (χ2v) is 8.23. The lowest BCUT2D eigenvalue weighted by molar-refractivity contribution is -0.115. The Kier molecular flexibility index (Phi) is 9.98. The molecule has 0 radical (unpaired) electrons. The number of halogens is 1. The summed E-state index contributed by atoms with van der Waals surface area (Å²) in [4.78, 5) is 29.9. The fourth-order valence-electron chi connectivity index (χ4n) is 2.96. The van der Waals surface area contributed by atoms with Crippen LogP contribution in [0.5, 0.6) is 0 Å². The standard InChI is InChI=1S/C22H27N5O3S.ClH/c1-15(2)27-19(29)11-10-17(26-27)21-20(16-8-5-4-6-9-16)25-22(31-21)24-18(28)14-23-12-7-13-30-3;/h4-6,8-11,15,23H,7,12-14H2,1-3H3,(H,24,25,28);1H. The molecule has 0 spiro atoms. The van der Waals surface area contributed by atoms with E-state index in [1.807, 2.05) is 44.2 Å².